The monoisotopic (exact) mass is 528 g/mol. The fourth-order valence-electron chi connectivity index (χ4n) is 4.15. The lowest BCUT2D eigenvalue weighted by Gasteiger charge is -2.00. The second-order valence-electron chi connectivity index (χ2n) is 7.89. The van der Waals surface area contributed by atoms with Crippen molar-refractivity contribution in [1.29, 1.82) is 0 Å². The summed E-state index contributed by atoms with van der Waals surface area (Å²) in [6.07, 6.45) is 1.77. The second kappa shape index (κ2) is 8.23. The van der Waals surface area contributed by atoms with Crippen LogP contribution in [0.3, 0.4) is 0 Å². The van der Waals surface area contributed by atoms with Crippen molar-refractivity contribution in [1.82, 2.24) is 9.55 Å². The minimum Gasteiger partial charge on any atom is -0.422 e. The van der Waals surface area contributed by atoms with Gasteiger partial charge in [-0.2, -0.15) is 5.10 Å². The van der Waals surface area contributed by atoms with Gasteiger partial charge in [0.1, 0.15) is 5.58 Å². The molecule has 0 unspecified atom stereocenters. The van der Waals surface area contributed by atoms with Crippen LogP contribution in [0.1, 0.15) is 5.56 Å². The highest BCUT2D eigenvalue weighted by Crippen LogP contribution is 2.29. The molecule has 0 bridgehead atoms. The van der Waals surface area contributed by atoms with E-state index < -0.39 is 5.63 Å². The first-order valence-electron chi connectivity index (χ1n) is 10.5. The number of nitrogens with zero attached hydrogens (tertiary/aromatic N) is 3. The Morgan fingerprint density at radius 1 is 1.06 bits per heavy atom. The van der Waals surface area contributed by atoms with Crippen LogP contribution in [0.2, 0.25) is 0 Å². The van der Waals surface area contributed by atoms with E-state index >= 15 is 0 Å². The first kappa shape index (κ1) is 20.8. The summed E-state index contributed by atoms with van der Waals surface area (Å²) in [7, 11) is 2.08. The maximum atomic E-state index is 12.5. The van der Waals surface area contributed by atoms with Gasteiger partial charge in [-0.1, -0.05) is 40.2 Å². The number of rotatable bonds is 4. The summed E-state index contributed by atoms with van der Waals surface area (Å²) in [6, 6.07) is 22.0. The molecule has 3 aromatic heterocycles. The average molecular weight is 529 g/mol. The molecule has 6 nitrogen and oxygen atoms in total. The van der Waals surface area contributed by atoms with Gasteiger partial charge in [0.15, 0.2) is 0 Å². The van der Waals surface area contributed by atoms with Crippen molar-refractivity contribution in [2.45, 2.75) is 0 Å². The molecular formula is C26H17BrN4O2S. The molecule has 0 atom stereocenters. The number of thiazole rings is 1. The number of hydrazone groups is 1. The molecule has 3 heterocycles. The number of benzene rings is 3. The summed E-state index contributed by atoms with van der Waals surface area (Å²) in [5.41, 5.74) is 7.42. The van der Waals surface area contributed by atoms with Crippen molar-refractivity contribution in [2.75, 3.05) is 5.43 Å². The van der Waals surface area contributed by atoms with Crippen LogP contribution in [-0.4, -0.2) is 15.8 Å². The Kier molecular flexibility index (Phi) is 5.04. The van der Waals surface area contributed by atoms with Crippen LogP contribution in [0.5, 0.6) is 0 Å². The first-order valence-corrected chi connectivity index (χ1v) is 12.2. The van der Waals surface area contributed by atoms with Crippen LogP contribution in [0.4, 0.5) is 5.13 Å². The smallest absolute Gasteiger partial charge is 0.345 e. The van der Waals surface area contributed by atoms with E-state index in [1.807, 2.05) is 23.6 Å². The lowest BCUT2D eigenvalue weighted by molar-refractivity contribution is 0.563. The number of hydrogen-bond acceptors (Lipinski definition) is 6. The Hall–Kier alpha value is -3.75. The van der Waals surface area contributed by atoms with Gasteiger partial charge in [-0.15, -0.1) is 11.3 Å². The predicted octanol–water partition coefficient (Wildman–Crippen LogP) is 6.77. The van der Waals surface area contributed by atoms with E-state index in [1.54, 1.807) is 18.3 Å². The number of aryl methyl sites for hydroxylation is 1. The molecular weight excluding hydrogens is 512 g/mol. The van der Waals surface area contributed by atoms with Gasteiger partial charge >= 0.3 is 5.63 Å². The Morgan fingerprint density at radius 2 is 1.91 bits per heavy atom. The summed E-state index contributed by atoms with van der Waals surface area (Å²) in [5.74, 6) is 0. The summed E-state index contributed by atoms with van der Waals surface area (Å²) >= 11 is 4.82. The lowest BCUT2D eigenvalue weighted by atomic mass is 10.1. The van der Waals surface area contributed by atoms with Crippen LogP contribution in [0.15, 0.2) is 90.9 Å². The Balaban J connectivity index is 1.26. The fourth-order valence-corrected chi connectivity index (χ4v) is 5.19. The number of fused-ring (bicyclic) bond motifs is 4. The number of para-hydroxylation sites is 1. The third-order valence-corrected chi connectivity index (χ3v) is 7.03. The Bertz CT molecular complexity index is 1800. The van der Waals surface area contributed by atoms with Gasteiger partial charge in [0.05, 0.1) is 17.5 Å². The van der Waals surface area contributed by atoms with E-state index in [4.69, 9.17) is 4.42 Å². The zero-order valence-electron chi connectivity index (χ0n) is 17.9. The molecule has 0 aliphatic rings. The summed E-state index contributed by atoms with van der Waals surface area (Å²) in [5, 5.41) is 9.99. The zero-order chi connectivity index (χ0) is 23.2. The molecule has 0 fully saturated rings. The normalized spacial score (nSPS) is 11.8. The van der Waals surface area contributed by atoms with Crippen molar-refractivity contribution in [3.63, 3.8) is 0 Å². The highest BCUT2D eigenvalue weighted by atomic mass is 79.9. The van der Waals surface area contributed by atoms with Crippen LogP contribution >= 0.6 is 27.3 Å². The van der Waals surface area contributed by atoms with Crippen molar-refractivity contribution in [2.24, 2.45) is 12.1 Å². The molecule has 34 heavy (non-hydrogen) atoms. The molecule has 6 rings (SSSR count). The molecule has 166 valence electrons. The third-order valence-electron chi connectivity index (χ3n) is 5.79. The van der Waals surface area contributed by atoms with Gasteiger partial charge < -0.3 is 8.98 Å². The quantitative estimate of drug-likeness (QED) is 0.155. The van der Waals surface area contributed by atoms with E-state index in [9.17, 15) is 4.79 Å². The van der Waals surface area contributed by atoms with Crippen LogP contribution < -0.4 is 11.1 Å². The van der Waals surface area contributed by atoms with Crippen molar-refractivity contribution in [3.8, 4) is 11.3 Å². The first-order chi connectivity index (χ1) is 16.6. The predicted molar refractivity (Wildman–Crippen MR) is 143 cm³/mol. The van der Waals surface area contributed by atoms with Gasteiger partial charge in [-0.25, -0.2) is 9.78 Å². The number of anilines is 1. The number of hydrogen-bond donors (Lipinski definition) is 1. The van der Waals surface area contributed by atoms with E-state index in [2.05, 4.69) is 79.5 Å². The number of halogens is 1. The topological polar surface area (TPSA) is 72.4 Å². The zero-order valence-corrected chi connectivity index (χ0v) is 20.4. The van der Waals surface area contributed by atoms with Crippen molar-refractivity contribution in [3.05, 3.63) is 92.6 Å². The minimum atomic E-state index is -0.418. The van der Waals surface area contributed by atoms with E-state index in [0.29, 0.717) is 22.0 Å². The SMILES string of the molecule is Cn1c2ccccc2c2cc(/C=N/Nc3nc(-c4cc5cc(Br)ccc5oc4=O)cs3)ccc21. The number of aromatic nitrogens is 2. The molecule has 0 saturated heterocycles. The highest BCUT2D eigenvalue weighted by molar-refractivity contribution is 9.10. The van der Waals surface area contributed by atoms with E-state index in [-0.39, 0.29) is 0 Å². The molecule has 1 N–H and O–H groups in total. The maximum Gasteiger partial charge on any atom is 0.345 e. The van der Waals surface area contributed by atoms with Crippen LogP contribution in [-0.2, 0) is 7.05 Å². The minimum absolute atomic E-state index is 0.417. The highest BCUT2D eigenvalue weighted by Gasteiger charge is 2.12. The number of nitrogens with one attached hydrogen (secondary N) is 1. The van der Waals surface area contributed by atoms with Gasteiger partial charge in [-0.05, 0) is 48.0 Å². The molecule has 0 spiro atoms. The molecule has 3 aromatic carbocycles. The Labute approximate surface area is 206 Å². The molecule has 6 aromatic rings. The second-order valence-corrected chi connectivity index (χ2v) is 9.66. The summed E-state index contributed by atoms with van der Waals surface area (Å²) < 4.78 is 8.57. The van der Waals surface area contributed by atoms with Crippen molar-refractivity contribution >= 4 is 71.4 Å². The molecule has 0 saturated carbocycles. The standard InChI is InChI=1S/C26H17BrN4O2S/c1-31-22-5-3-2-4-18(22)19-10-15(6-8-23(19)31)13-28-30-26-29-21(14-34-26)20-12-16-11-17(27)7-9-24(16)33-25(20)32/h2-14H,1H3,(H,29,30)/b28-13+. The van der Waals surface area contributed by atoms with Gasteiger partial charge in [0.2, 0.25) is 5.13 Å². The fraction of sp³-hybridized carbons (Fsp3) is 0.0385. The Morgan fingerprint density at radius 3 is 2.82 bits per heavy atom. The van der Waals surface area contributed by atoms with Crippen molar-refractivity contribution < 1.29 is 4.42 Å². The van der Waals surface area contributed by atoms with Gasteiger partial charge in [0, 0.05) is 44.1 Å². The third kappa shape index (κ3) is 3.61. The largest absolute Gasteiger partial charge is 0.422 e. The van der Waals surface area contributed by atoms with Gasteiger partial charge in [0.25, 0.3) is 0 Å². The maximum absolute atomic E-state index is 12.5. The molecule has 0 amide bonds. The molecule has 0 aliphatic heterocycles. The van der Waals surface area contributed by atoms with Crippen LogP contribution in [0.25, 0.3) is 44.0 Å². The van der Waals surface area contributed by atoms with Gasteiger partial charge in [-0.3, -0.25) is 5.43 Å². The van der Waals surface area contributed by atoms with Crippen LogP contribution in [0, 0.1) is 0 Å². The van der Waals surface area contributed by atoms with E-state index in [0.717, 1.165) is 15.4 Å². The molecule has 0 radical (unpaired) electrons. The summed E-state index contributed by atoms with van der Waals surface area (Å²) in [4.78, 5) is 17.0. The molecule has 8 heteroatoms. The molecule has 0 aliphatic carbocycles. The average Bonchev–Trinajstić information content (AvgIpc) is 3.42. The lowest BCUT2D eigenvalue weighted by Crippen LogP contribution is -2.03. The van der Waals surface area contributed by atoms with E-state index in [1.165, 1.54) is 33.1 Å². The summed E-state index contributed by atoms with van der Waals surface area (Å²) in [6.45, 7) is 0.